The van der Waals surface area contributed by atoms with Crippen molar-refractivity contribution in [1.82, 2.24) is 20.4 Å². The van der Waals surface area contributed by atoms with Gasteiger partial charge < -0.3 is 20.3 Å². The third-order valence-corrected chi connectivity index (χ3v) is 5.83. The SMILES string of the molecule is CCC(CCNC(=NC)NCC(CC(C)C)N1CCOCC1)N1CCCC1=O.I. The number of hydrogen-bond donors (Lipinski definition) is 2. The number of amides is 1. The Morgan fingerprint density at radius 2 is 1.90 bits per heavy atom. The van der Waals surface area contributed by atoms with Crippen LogP contribution in [0.15, 0.2) is 4.99 Å². The molecule has 0 bridgehead atoms. The molecule has 29 heavy (non-hydrogen) atoms. The predicted molar refractivity (Wildman–Crippen MR) is 130 cm³/mol. The van der Waals surface area contributed by atoms with Crippen LogP contribution in [0.5, 0.6) is 0 Å². The lowest BCUT2D eigenvalue weighted by atomic mass is 10.0. The molecule has 2 heterocycles. The molecule has 2 aliphatic heterocycles. The van der Waals surface area contributed by atoms with Crippen molar-refractivity contribution in [3.63, 3.8) is 0 Å². The molecule has 0 saturated carbocycles. The van der Waals surface area contributed by atoms with Gasteiger partial charge in [-0.05, 0) is 31.6 Å². The minimum absolute atomic E-state index is 0. The van der Waals surface area contributed by atoms with Crippen LogP contribution in [0.4, 0.5) is 0 Å². The van der Waals surface area contributed by atoms with Crippen molar-refractivity contribution in [2.75, 3.05) is 53.0 Å². The largest absolute Gasteiger partial charge is 0.379 e. The van der Waals surface area contributed by atoms with Crippen LogP contribution >= 0.6 is 24.0 Å². The zero-order valence-electron chi connectivity index (χ0n) is 18.8. The predicted octanol–water partition coefficient (Wildman–Crippen LogP) is 2.31. The first-order chi connectivity index (χ1) is 13.5. The summed E-state index contributed by atoms with van der Waals surface area (Å²) in [7, 11) is 1.82. The Morgan fingerprint density at radius 1 is 1.17 bits per heavy atom. The molecule has 2 fully saturated rings. The van der Waals surface area contributed by atoms with E-state index in [-0.39, 0.29) is 24.0 Å². The molecule has 0 aromatic carbocycles. The van der Waals surface area contributed by atoms with Crippen LogP contribution in [-0.4, -0.2) is 86.7 Å². The van der Waals surface area contributed by atoms with Gasteiger partial charge in [-0.25, -0.2) is 0 Å². The van der Waals surface area contributed by atoms with Gasteiger partial charge in [-0.2, -0.15) is 0 Å². The zero-order valence-corrected chi connectivity index (χ0v) is 21.1. The first-order valence-corrected chi connectivity index (χ1v) is 11.1. The second-order valence-electron chi connectivity index (χ2n) is 8.35. The number of halogens is 1. The summed E-state index contributed by atoms with van der Waals surface area (Å²) >= 11 is 0. The molecule has 0 radical (unpaired) electrons. The highest BCUT2D eigenvalue weighted by molar-refractivity contribution is 14.0. The molecule has 2 rings (SSSR count). The van der Waals surface area contributed by atoms with Gasteiger partial charge in [0, 0.05) is 58.3 Å². The minimum atomic E-state index is 0. The summed E-state index contributed by atoms with van der Waals surface area (Å²) in [6.07, 6.45) is 4.85. The summed E-state index contributed by atoms with van der Waals surface area (Å²) in [4.78, 5) is 21.0. The van der Waals surface area contributed by atoms with Gasteiger partial charge >= 0.3 is 0 Å². The number of hydrogen-bond acceptors (Lipinski definition) is 4. The number of carbonyl (C=O) groups excluding carboxylic acids is 1. The molecule has 0 aromatic rings. The zero-order chi connectivity index (χ0) is 20.4. The van der Waals surface area contributed by atoms with Gasteiger partial charge in [-0.15, -0.1) is 24.0 Å². The second-order valence-corrected chi connectivity index (χ2v) is 8.35. The Labute approximate surface area is 194 Å². The van der Waals surface area contributed by atoms with Crippen molar-refractivity contribution in [2.24, 2.45) is 10.9 Å². The Morgan fingerprint density at radius 3 is 2.45 bits per heavy atom. The molecule has 0 aromatic heterocycles. The fourth-order valence-electron chi connectivity index (χ4n) is 4.28. The molecular formula is C21H42IN5O2. The highest BCUT2D eigenvalue weighted by atomic mass is 127. The third-order valence-electron chi connectivity index (χ3n) is 5.83. The maximum atomic E-state index is 12.0. The number of ether oxygens (including phenoxy) is 1. The van der Waals surface area contributed by atoms with Crippen molar-refractivity contribution in [3.05, 3.63) is 0 Å². The molecule has 8 heteroatoms. The van der Waals surface area contributed by atoms with Crippen molar-refractivity contribution in [2.45, 2.75) is 65.0 Å². The first kappa shape index (κ1) is 26.4. The van der Waals surface area contributed by atoms with E-state index in [9.17, 15) is 4.79 Å². The van der Waals surface area contributed by atoms with Gasteiger partial charge in [-0.1, -0.05) is 20.8 Å². The lowest BCUT2D eigenvalue weighted by Crippen LogP contribution is -2.51. The Bertz CT molecular complexity index is 497. The summed E-state index contributed by atoms with van der Waals surface area (Å²) in [6, 6.07) is 0.829. The molecule has 2 N–H and O–H groups in total. The highest BCUT2D eigenvalue weighted by Crippen LogP contribution is 2.17. The van der Waals surface area contributed by atoms with E-state index in [1.54, 1.807) is 0 Å². The van der Waals surface area contributed by atoms with Crippen molar-refractivity contribution >= 4 is 35.8 Å². The average Bonchev–Trinajstić information content (AvgIpc) is 3.12. The van der Waals surface area contributed by atoms with Crippen molar-refractivity contribution in [3.8, 4) is 0 Å². The quantitative estimate of drug-likeness (QED) is 0.261. The van der Waals surface area contributed by atoms with E-state index in [4.69, 9.17) is 4.74 Å². The molecule has 2 aliphatic rings. The van der Waals surface area contributed by atoms with E-state index < -0.39 is 0 Å². The molecule has 2 atom stereocenters. The number of nitrogens with zero attached hydrogens (tertiary/aromatic N) is 3. The van der Waals surface area contributed by atoms with Crippen LogP contribution in [-0.2, 0) is 9.53 Å². The maximum Gasteiger partial charge on any atom is 0.222 e. The topological polar surface area (TPSA) is 69.2 Å². The molecule has 0 aliphatic carbocycles. The first-order valence-electron chi connectivity index (χ1n) is 11.1. The molecule has 170 valence electrons. The number of morpholine rings is 1. The summed E-state index contributed by atoms with van der Waals surface area (Å²) in [5, 5.41) is 6.96. The Hall–Kier alpha value is -0.610. The van der Waals surface area contributed by atoms with Gasteiger partial charge in [0.05, 0.1) is 13.2 Å². The number of aliphatic imine (C=N–C) groups is 1. The number of carbonyl (C=O) groups is 1. The van der Waals surface area contributed by atoms with Crippen LogP contribution in [0, 0.1) is 5.92 Å². The monoisotopic (exact) mass is 523 g/mol. The number of likely N-dealkylation sites (tertiary alicyclic amines) is 1. The average molecular weight is 524 g/mol. The van der Waals surface area contributed by atoms with E-state index in [0.29, 0.717) is 30.3 Å². The van der Waals surface area contributed by atoms with Crippen LogP contribution in [0.25, 0.3) is 0 Å². The van der Waals surface area contributed by atoms with Gasteiger partial charge in [0.15, 0.2) is 5.96 Å². The number of rotatable bonds is 10. The summed E-state index contributed by atoms with van der Waals surface area (Å²) < 4.78 is 5.51. The normalized spacial score (nSPS) is 20.5. The van der Waals surface area contributed by atoms with Crippen LogP contribution < -0.4 is 10.6 Å². The van der Waals surface area contributed by atoms with Crippen LogP contribution in [0.3, 0.4) is 0 Å². The van der Waals surface area contributed by atoms with E-state index in [1.807, 2.05) is 7.05 Å². The van der Waals surface area contributed by atoms with Crippen LogP contribution in [0.2, 0.25) is 0 Å². The fourth-order valence-corrected chi connectivity index (χ4v) is 4.28. The fraction of sp³-hybridized carbons (Fsp3) is 0.905. The highest BCUT2D eigenvalue weighted by Gasteiger charge is 2.26. The smallest absolute Gasteiger partial charge is 0.222 e. The van der Waals surface area contributed by atoms with Gasteiger partial charge in [0.1, 0.15) is 0 Å². The molecular weight excluding hydrogens is 481 g/mol. The molecule has 7 nitrogen and oxygen atoms in total. The Kier molecular flexibility index (Phi) is 13.1. The molecule has 1 amide bonds. The lowest BCUT2D eigenvalue weighted by molar-refractivity contribution is -0.129. The van der Waals surface area contributed by atoms with Crippen molar-refractivity contribution in [1.29, 1.82) is 0 Å². The number of guanidine groups is 1. The van der Waals surface area contributed by atoms with E-state index >= 15 is 0 Å². The summed E-state index contributed by atoms with van der Waals surface area (Å²) in [5.74, 6) is 1.83. The van der Waals surface area contributed by atoms with Crippen molar-refractivity contribution < 1.29 is 9.53 Å². The third kappa shape index (κ3) is 8.96. The molecule has 2 unspecified atom stereocenters. The minimum Gasteiger partial charge on any atom is -0.379 e. The van der Waals surface area contributed by atoms with Gasteiger partial charge in [0.2, 0.25) is 5.91 Å². The standard InChI is InChI=1S/C21H41N5O2.HI/c1-5-18(26-10-6-7-20(26)27)8-9-23-21(22-4)24-16-19(15-17(2)3)25-11-13-28-14-12-25;/h17-19H,5-16H2,1-4H3,(H2,22,23,24);1H. The van der Waals surface area contributed by atoms with E-state index in [0.717, 1.165) is 71.2 Å². The number of nitrogens with one attached hydrogen (secondary N) is 2. The van der Waals surface area contributed by atoms with Gasteiger partial charge in [-0.3, -0.25) is 14.7 Å². The Balaban J connectivity index is 0.00000420. The summed E-state index contributed by atoms with van der Waals surface area (Å²) in [5.41, 5.74) is 0. The molecule has 0 spiro atoms. The maximum absolute atomic E-state index is 12.0. The van der Waals surface area contributed by atoms with E-state index in [2.05, 4.69) is 46.2 Å². The van der Waals surface area contributed by atoms with Gasteiger partial charge in [0.25, 0.3) is 0 Å². The van der Waals surface area contributed by atoms with Crippen LogP contribution in [0.1, 0.15) is 52.9 Å². The summed E-state index contributed by atoms with van der Waals surface area (Å²) in [6.45, 7) is 13.0. The second kappa shape index (κ2) is 14.4. The van der Waals surface area contributed by atoms with E-state index in [1.165, 1.54) is 6.42 Å². The molecule has 2 saturated heterocycles. The lowest BCUT2D eigenvalue weighted by Gasteiger charge is -2.35.